The number of carbonyl (C=O) groups excluding carboxylic acids is 1. The van der Waals surface area contributed by atoms with E-state index in [1.165, 1.54) is 57.8 Å². The molecule has 0 amide bonds. The Labute approximate surface area is 125 Å². The van der Waals surface area contributed by atoms with E-state index in [1.54, 1.807) is 6.08 Å². The van der Waals surface area contributed by atoms with Crippen molar-refractivity contribution in [1.29, 1.82) is 0 Å². The molecular formula is C17H33NO2. The Bertz CT molecular complexity index is 229. The minimum atomic E-state index is -0.0950. The number of carbonyl (C=O) groups is 1. The molecule has 0 aromatic carbocycles. The zero-order chi connectivity index (χ0) is 14.9. The molecule has 0 radical (unpaired) electrons. The van der Waals surface area contributed by atoms with Crippen molar-refractivity contribution >= 4 is 5.97 Å². The molecule has 20 heavy (non-hydrogen) atoms. The van der Waals surface area contributed by atoms with Crippen LogP contribution >= 0.6 is 0 Å². The molecule has 0 unspecified atom stereocenters. The molecule has 0 rings (SSSR count). The van der Waals surface area contributed by atoms with E-state index in [1.807, 2.05) is 0 Å². The van der Waals surface area contributed by atoms with Crippen LogP contribution in [0.1, 0.15) is 77.0 Å². The highest BCUT2D eigenvalue weighted by Gasteiger charge is 2.00. The lowest BCUT2D eigenvalue weighted by atomic mass is 10.1. The normalized spacial score (nSPS) is 10.4. The summed E-state index contributed by atoms with van der Waals surface area (Å²) in [5.74, 6) is -0.0950. The van der Waals surface area contributed by atoms with Crippen molar-refractivity contribution in [2.75, 3.05) is 13.2 Å². The van der Waals surface area contributed by atoms with E-state index in [0.717, 1.165) is 19.4 Å². The molecule has 2 N–H and O–H groups in total. The Morgan fingerprint density at radius 3 is 1.75 bits per heavy atom. The number of hydrogen-bond acceptors (Lipinski definition) is 3. The molecule has 0 fully saturated rings. The van der Waals surface area contributed by atoms with Crippen molar-refractivity contribution in [3.63, 3.8) is 0 Å². The average Bonchev–Trinajstić information content (AvgIpc) is 2.46. The quantitative estimate of drug-likeness (QED) is 0.276. The molecule has 0 spiro atoms. The molecule has 0 aliphatic carbocycles. The maximum absolute atomic E-state index is 11.2. The van der Waals surface area contributed by atoms with Crippen LogP contribution in [0.25, 0.3) is 0 Å². The third-order valence-electron chi connectivity index (χ3n) is 3.45. The minimum absolute atomic E-state index is 0.0950. The molecule has 0 aromatic rings. The largest absolute Gasteiger partial charge is 0.461 e. The summed E-state index contributed by atoms with van der Waals surface area (Å²) in [6, 6.07) is 0. The highest BCUT2D eigenvalue weighted by atomic mass is 16.5. The van der Waals surface area contributed by atoms with Gasteiger partial charge >= 0.3 is 5.97 Å². The first kappa shape index (κ1) is 19.2. The Morgan fingerprint density at radius 1 is 0.850 bits per heavy atom. The van der Waals surface area contributed by atoms with Crippen molar-refractivity contribution in [3.05, 3.63) is 12.7 Å². The fourth-order valence-corrected chi connectivity index (χ4v) is 2.23. The highest BCUT2D eigenvalue weighted by molar-refractivity contribution is 5.69. The van der Waals surface area contributed by atoms with Gasteiger partial charge in [-0.1, -0.05) is 70.4 Å². The summed E-state index contributed by atoms with van der Waals surface area (Å²) in [7, 11) is 0. The van der Waals surface area contributed by atoms with E-state index in [2.05, 4.69) is 6.58 Å². The number of nitrogens with two attached hydrogens (primary N) is 1. The molecule has 0 saturated carbocycles. The van der Waals surface area contributed by atoms with Gasteiger partial charge in [-0.15, -0.1) is 0 Å². The lowest BCUT2D eigenvalue weighted by Crippen LogP contribution is -2.03. The standard InChI is InChI=1S/C17H33NO2/c1-2-16-20-17(19)14-12-10-8-6-4-3-5-7-9-11-13-15-18/h2H,1,3-16,18H2. The van der Waals surface area contributed by atoms with E-state index in [-0.39, 0.29) is 5.97 Å². The topological polar surface area (TPSA) is 52.3 Å². The highest BCUT2D eigenvalue weighted by Crippen LogP contribution is 2.12. The molecule has 0 atom stereocenters. The fourth-order valence-electron chi connectivity index (χ4n) is 2.23. The van der Waals surface area contributed by atoms with E-state index in [9.17, 15) is 4.79 Å². The van der Waals surface area contributed by atoms with Crippen LogP contribution in [0.15, 0.2) is 12.7 Å². The van der Waals surface area contributed by atoms with Gasteiger partial charge in [-0.3, -0.25) is 4.79 Å². The first-order chi connectivity index (χ1) is 9.81. The summed E-state index contributed by atoms with van der Waals surface area (Å²) in [5, 5.41) is 0. The van der Waals surface area contributed by atoms with Crippen LogP contribution in [0, 0.1) is 0 Å². The van der Waals surface area contributed by atoms with Crippen LogP contribution in [0.4, 0.5) is 0 Å². The van der Waals surface area contributed by atoms with Crippen LogP contribution in [0.2, 0.25) is 0 Å². The molecular weight excluding hydrogens is 250 g/mol. The van der Waals surface area contributed by atoms with Crippen LogP contribution in [0.5, 0.6) is 0 Å². The van der Waals surface area contributed by atoms with E-state index >= 15 is 0 Å². The summed E-state index contributed by atoms with van der Waals surface area (Å²) in [5.41, 5.74) is 5.46. The molecule has 118 valence electrons. The zero-order valence-electron chi connectivity index (χ0n) is 13.1. The van der Waals surface area contributed by atoms with Gasteiger partial charge in [0.15, 0.2) is 0 Å². The average molecular weight is 283 g/mol. The number of rotatable bonds is 15. The van der Waals surface area contributed by atoms with Gasteiger partial charge in [0.25, 0.3) is 0 Å². The van der Waals surface area contributed by atoms with Crippen molar-refractivity contribution in [1.82, 2.24) is 0 Å². The van der Waals surface area contributed by atoms with E-state index in [4.69, 9.17) is 10.5 Å². The van der Waals surface area contributed by atoms with Gasteiger partial charge in [0.1, 0.15) is 6.61 Å². The summed E-state index contributed by atoms with van der Waals surface area (Å²) in [6.45, 7) is 4.69. The molecule has 0 saturated heterocycles. The molecule has 0 aliphatic heterocycles. The predicted molar refractivity (Wildman–Crippen MR) is 85.6 cm³/mol. The number of unbranched alkanes of at least 4 members (excludes halogenated alkanes) is 10. The zero-order valence-corrected chi connectivity index (χ0v) is 13.1. The lowest BCUT2D eigenvalue weighted by molar-refractivity contribution is -0.142. The number of hydrogen-bond donors (Lipinski definition) is 1. The molecule has 0 aromatic heterocycles. The third kappa shape index (κ3) is 15.2. The van der Waals surface area contributed by atoms with E-state index in [0.29, 0.717) is 13.0 Å². The first-order valence-electron chi connectivity index (χ1n) is 8.28. The van der Waals surface area contributed by atoms with Gasteiger partial charge in [-0.2, -0.15) is 0 Å². The Balaban J connectivity index is 3.06. The molecule has 3 nitrogen and oxygen atoms in total. The van der Waals surface area contributed by atoms with E-state index < -0.39 is 0 Å². The lowest BCUT2D eigenvalue weighted by Gasteiger charge is -2.03. The summed E-state index contributed by atoms with van der Waals surface area (Å²) in [6.07, 6.45) is 16.0. The number of esters is 1. The summed E-state index contributed by atoms with van der Waals surface area (Å²) < 4.78 is 4.93. The SMILES string of the molecule is C=CCOC(=O)CCCCCCCCCCCCCN. The minimum Gasteiger partial charge on any atom is -0.461 e. The second kappa shape index (κ2) is 16.2. The summed E-state index contributed by atoms with van der Waals surface area (Å²) >= 11 is 0. The van der Waals surface area contributed by atoms with Gasteiger partial charge in [0, 0.05) is 6.42 Å². The monoisotopic (exact) mass is 283 g/mol. The number of ether oxygens (including phenoxy) is 1. The van der Waals surface area contributed by atoms with Crippen molar-refractivity contribution < 1.29 is 9.53 Å². The van der Waals surface area contributed by atoms with Crippen LogP contribution in [-0.2, 0) is 9.53 Å². The Hall–Kier alpha value is -0.830. The van der Waals surface area contributed by atoms with Gasteiger partial charge in [-0.25, -0.2) is 0 Å². The van der Waals surface area contributed by atoms with Gasteiger partial charge in [-0.05, 0) is 19.4 Å². The second-order valence-corrected chi connectivity index (χ2v) is 5.40. The summed E-state index contributed by atoms with van der Waals surface area (Å²) in [4.78, 5) is 11.2. The van der Waals surface area contributed by atoms with Crippen LogP contribution in [-0.4, -0.2) is 19.1 Å². The van der Waals surface area contributed by atoms with Gasteiger partial charge in [0.2, 0.25) is 0 Å². The predicted octanol–water partition coefficient (Wildman–Crippen LogP) is 4.36. The van der Waals surface area contributed by atoms with Crippen molar-refractivity contribution in [2.45, 2.75) is 77.0 Å². The molecule has 0 heterocycles. The second-order valence-electron chi connectivity index (χ2n) is 5.40. The molecule has 3 heteroatoms. The Kier molecular flexibility index (Phi) is 15.6. The molecule has 0 aliphatic rings. The smallest absolute Gasteiger partial charge is 0.306 e. The maximum Gasteiger partial charge on any atom is 0.306 e. The third-order valence-corrected chi connectivity index (χ3v) is 3.45. The van der Waals surface area contributed by atoms with Gasteiger partial charge in [0.05, 0.1) is 0 Å². The van der Waals surface area contributed by atoms with Crippen LogP contribution < -0.4 is 5.73 Å². The van der Waals surface area contributed by atoms with Crippen LogP contribution in [0.3, 0.4) is 0 Å². The maximum atomic E-state index is 11.2. The van der Waals surface area contributed by atoms with Crippen molar-refractivity contribution in [2.24, 2.45) is 5.73 Å². The fraction of sp³-hybridized carbons (Fsp3) is 0.824. The molecule has 0 bridgehead atoms. The Morgan fingerprint density at radius 2 is 1.30 bits per heavy atom. The van der Waals surface area contributed by atoms with Gasteiger partial charge < -0.3 is 10.5 Å². The first-order valence-corrected chi connectivity index (χ1v) is 8.28. The van der Waals surface area contributed by atoms with Crippen molar-refractivity contribution in [3.8, 4) is 0 Å².